The van der Waals surface area contributed by atoms with E-state index in [4.69, 9.17) is 0 Å². The summed E-state index contributed by atoms with van der Waals surface area (Å²) in [6.07, 6.45) is 0. The highest BCUT2D eigenvalue weighted by Gasteiger charge is 2.14. The number of aromatic hydroxyl groups is 2. The zero-order valence-corrected chi connectivity index (χ0v) is 8.46. The molecule has 0 fully saturated rings. The van der Waals surface area contributed by atoms with E-state index in [1.165, 1.54) is 12.1 Å². The van der Waals surface area contributed by atoms with Crippen LogP contribution >= 0.6 is 0 Å². The Balaban J connectivity index is 2.59. The maximum absolute atomic E-state index is 13.6. The Kier molecular flexibility index (Phi) is 1.80. The van der Waals surface area contributed by atoms with E-state index in [9.17, 15) is 19.0 Å². The molecule has 1 heterocycles. The first kappa shape index (κ1) is 9.89. The van der Waals surface area contributed by atoms with Crippen molar-refractivity contribution < 1.29 is 19.0 Å². The first-order valence-corrected chi connectivity index (χ1v) is 4.89. The number of phenolic OH excluding ortho intramolecular Hbond substituents is 2. The molecule has 0 radical (unpaired) electrons. The van der Waals surface area contributed by atoms with Crippen LogP contribution in [0.15, 0.2) is 24.3 Å². The van der Waals surface area contributed by atoms with Crippen molar-refractivity contribution in [2.45, 2.75) is 0 Å². The minimum Gasteiger partial charge on any atom is -0.504 e. The lowest BCUT2D eigenvalue weighted by Gasteiger charge is -1.98. The average molecular weight is 235 g/mol. The number of rotatable bonds is 0. The third-order valence-electron chi connectivity index (χ3n) is 2.74. The zero-order chi connectivity index (χ0) is 12.2. The number of hydrogen-bond acceptors (Lipinski definition) is 2. The fourth-order valence-corrected chi connectivity index (χ4v) is 2.00. The van der Waals surface area contributed by atoms with Crippen molar-refractivity contribution in [3.8, 4) is 11.5 Å². The molecule has 0 atom stereocenters. The number of nitrogens with one attached hydrogen (secondary N) is 1. The monoisotopic (exact) mass is 235 g/mol. The Hall–Kier alpha value is -2.30. The van der Waals surface area contributed by atoms with Gasteiger partial charge < -0.3 is 15.2 Å². The molecule has 0 unspecified atom stereocenters. The van der Waals surface area contributed by atoms with Gasteiger partial charge in [0.1, 0.15) is 11.6 Å². The summed E-state index contributed by atoms with van der Waals surface area (Å²) >= 11 is 0. The second-order valence-corrected chi connectivity index (χ2v) is 3.79. The van der Waals surface area contributed by atoms with E-state index in [1.54, 1.807) is 0 Å². The molecular weight excluding hydrogens is 228 g/mol. The normalized spacial score (nSPS) is 11.4. The van der Waals surface area contributed by atoms with E-state index in [-0.39, 0.29) is 27.9 Å². The Morgan fingerprint density at radius 3 is 2.59 bits per heavy atom. The van der Waals surface area contributed by atoms with Gasteiger partial charge in [0.2, 0.25) is 0 Å². The molecular formula is C12H7F2NO2. The number of fused-ring (bicyclic) bond motifs is 3. The lowest BCUT2D eigenvalue weighted by Crippen LogP contribution is -1.80. The molecule has 0 aliphatic heterocycles. The Labute approximate surface area is 93.9 Å². The lowest BCUT2D eigenvalue weighted by atomic mass is 10.1. The quantitative estimate of drug-likeness (QED) is 0.524. The van der Waals surface area contributed by atoms with Crippen molar-refractivity contribution in [1.82, 2.24) is 4.98 Å². The molecule has 86 valence electrons. The molecule has 0 saturated heterocycles. The van der Waals surface area contributed by atoms with Crippen molar-refractivity contribution in [1.29, 1.82) is 0 Å². The van der Waals surface area contributed by atoms with E-state index < -0.39 is 11.6 Å². The van der Waals surface area contributed by atoms with Gasteiger partial charge in [0.25, 0.3) is 0 Å². The average Bonchev–Trinajstić information content (AvgIpc) is 2.62. The molecule has 3 rings (SSSR count). The summed E-state index contributed by atoms with van der Waals surface area (Å²) < 4.78 is 26.7. The molecule has 2 aromatic carbocycles. The molecule has 0 amide bonds. The topological polar surface area (TPSA) is 56.2 Å². The molecule has 0 saturated carbocycles. The molecule has 0 bridgehead atoms. The van der Waals surface area contributed by atoms with Crippen molar-refractivity contribution in [3.05, 3.63) is 35.9 Å². The summed E-state index contributed by atoms with van der Waals surface area (Å²) in [6.45, 7) is 0. The van der Waals surface area contributed by atoms with Crippen LogP contribution in [0, 0.1) is 11.6 Å². The van der Waals surface area contributed by atoms with Gasteiger partial charge in [-0.3, -0.25) is 0 Å². The molecule has 0 spiro atoms. The number of aromatic amines is 1. The van der Waals surface area contributed by atoms with Gasteiger partial charge >= 0.3 is 0 Å². The van der Waals surface area contributed by atoms with E-state index in [1.807, 2.05) is 0 Å². The second-order valence-electron chi connectivity index (χ2n) is 3.79. The molecule has 17 heavy (non-hydrogen) atoms. The number of benzene rings is 2. The van der Waals surface area contributed by atoms with Gasteiger partial charge in [-0.05, 0) is 18.2 Å². The van der Waals surface area contributed by atoms with Gasteiger partial charge in [-0.2, -0.15) is 0 Å². The summed E-state index contributed by atoms with van der Waals surface area (Å²) in [5.74, 6) is -2.11. The van der Waals surface area contributed by atoms with Gasteiger partial charge in [-0.1, -0.05) is 0 Å². The first-order chi connectivity index (χ1) is 8.08. The van der Waals surface area contributed by atoms with Crippen LogP contribution in [0.3, 0.4) is 0 Å². The highest BCUT2D eigenvalue weighted by atomic mass is 19.1. The lowest BCUT2D eigenvalue weighted by molar-refractivity contribution is 0.407. The van der Waals surface area contributed by atoms with Crippen molar-refractivity contribution in [2.24, 2.45) is 0 Å². The number of H-pyrrole nitrogens is 1. The van der Waals surface area contributed by atoms with Crippen LogP contribution in [0.2, 0.25) is 0 Å². The second kappa shape index (κ2) is 3.10. The first-order valence-electron chi connectivity index (χ1n) is 4.89. The summed E-state index contributed by atoms with van der Waals surface area (Å²) in [6, 6.07) is 4.63. The summed E-state index contributed by atoms with van der Waals surface area (Å²) in [7, 11) is 0. The van der Waals surface area contributed by atoms with E-state index >= 15 is 0 Å². The van der Waals surface area contributed by atoms with Crippen LogP contribution in [0.5, 0.6) is 11.5 Å². The maximum atomic E-state index is 13.6. The molecule has 0 aliphatic rings. The minimum absolute atomic E-state index is 0.185. The van der Waals surface area contributed by atoms with Crippen LogP contribution in [-0.2, 0) is 0 Å². The third-order valence-corrected chi connectivity index (χ3v) is 2.74. The zero-order valence-electron chi connectivity index (χ0n) is 8.46. The molecule has 1 aromatic heterocycles. The van der Waals surface area contributed by atoms with Crippen LogP contribution in [-0.4, -0.2) is 15.2 Å². The Morgan fingerprint density at radius 2 is 1.82 bits per heavy atom. The summed E-state index contributed by atoms with van der Waals surface area (Å²) in [4.78, 5) is 2.68. The van der Waals surface area contributed by atoms with Gasteiger partial charge in [0, 0.05) is 16.8 Å². The molecule has 5 heteroatoms. The predicted octanol–water partition coefficient (Wildman–Crippen LogP) is 3.01. The van der Waals surface area contributed by atoms with E-state index in [2.05, 4.69) is 4.98 Å². The Morgan fingerprint density at radius 1 is 1.06 bits per heavy atom. The van der Waals surface area contributed by atoms with Gasteiger partial charge in [0.05, 0.1) is 11.0 Å². The maximum Gasteiger partial charge on any atom is 0.182 e. The fraction of sp³-hybridized carbons (Fsp3) is 0. The predicted molar refractivity (Wildman–Crippen MR) is 59.1 cm³/mol. The van der Waals surface area contributed by atoms with Gasteiger partial charge in [0.15, 0.2) is 11.5 Å². The van der Waals surface area contributed by atoms with E-state index in [0.717, 1.165) is 12.1 Å². The van der Waals surface area contributed by atoms with Crippen molar-refractivity contribution in [2.75, 3.05) is 0 Å². The fourth-order valence-electron chi connectivity index (χ4n) is 2.00. The molecule has 0 aliphatic carbocycles. The van der Waals surface area contributed by atoms with Crippen LogP contribution in [0.4, 0.5) is 8.78 Å². The number of aromatic nitrogens is 1. The largest absolute Gasteiger partial charge is 0.504 e. The number of hydrogen-bond donors (Lipinski definition) is 3. The molecule has 3 nitrogen and oxygen atoms in total. The highest BCUT2D eigenvalue weighted by molar-refractivity contribution is 6.10. The van der Waals surface area contributed by atoms with Gasteiger partial charge in [-0.25, -0.2) is 8.78 Å². The SMILES string of the molecule is Oc1ccc2c([nH]c3cc(F)cc(F)c32)c1O. The summed E-state index contributed by atoms with van der Waals surface area (Å²) in [5.41, 5.74) is 0.419. The standard InChI is InChI=1S/C12H7F2NO2/c13-5-3-7(14)10-6-1-2-9(16)12(17)11(6)15-8(10)4-5/h1-4,15-17H. The van der Waals surface area contributed by atoms with Crippen LogP contribution in [0.25, 0.3) is 21.8 Å². The van der Waals surface area contributed by atoms with E-state index in [0.29, 0.717) is 5.39 Å². The third kappa shape index (κ3) is 1.25. The number of halogens is 2. The van der Waals surface area contributed by atoms with Crippen molar-refractivity contribution in [3.63, 3.8) is 0 Å². The Bertz CT molecular complexity index is 749. The molecule has 3 aromatic rings. The van der Waals surface area contributed by atoms with Crippen LogP contribution in [0.1, 0.15) is 0 Å². The van der Waals surface area contributed by atoms with Gasteiger partial charge in [-0.15, -0.1) is 0 Å². The highest BCUT2D eigenvalue weighted by Crippen LogP contribution is 2.37. The van der Waals surface area contributed by atoms with Crippen molar-refractivity contribution >= 4 is 21.8 Å². The van der Waals surface area contributed by atoms with Crippen LogP contribution < -0.4 is 0 Å². The summed E-state index contributed by atoms with van der Waals surface area (Å²) in [5, 5.41) is 19.5. The minimum atomic E-state index is -0.712. The smallest absolute Gasteiger partial charge is 0.182 e. The number of phenols is 2. The molecule has 3 N–H and O–H groups in total.